The molecule has 0 saturated heterocycles. The summed E-state index contributed by atoms with van der Waals surface area (Å²) in [7, 11) is 1.83. The van der Waals surface area contributed by atoms with Crippen molar-refractivity contribution in [2.45, 2.75) is 12.6 Å². The van der Waals surface area contributed by atoms with Gasteiger partial charge in [-0.1, -0.05) is 48.0 Å². The van der Waals surface area contributed by atoms with E-state index in [-0.39, 0.29) is 5.82 Å². The number of likely N-dealkylation sites (N-methyl/N-ethyl adjacent to an activating group) is 1. The minimum Gasteiger partial charge on any atom is -0.387 e. The molecule has 2 rings (SSSR count). The second-order valence-corrected chi connectivity index (χ2v) is 5.23. The van der Waals surface area contributed by atoms with Gasteiger partial charge in [-0.3, -0.25) is 4.90 Å². The molecule has 0 radical (unpaired) electrons. The summed E-state index contributed by atoms with van der Waals surface area (Å²) in [5.74, 6) is -0.321. The van der Waals surface area contributed by atoms with E-state index in [9.17, 15) is 9.50 Å². The van der Waals surface area contributed by atoms with E-state index < -0.39 is 6.10 Å². The molecule has 0 unspecified atom stereocenters. The molecule has 1 atom stereocenters. The number of nitrogens with zero attached hydrogens (tertiary/aromatic N) is 1. The SMILES string of the molecule is CN(Cc1c(F)cccc1Cl)C[C@H](O)c1ccccc1. The first-order chi connectivity index (χ1) is 9.58. The normalized spacial score (nSPS) is 12.7. The van der Waals surface area contributed by atoms with Gasteiger partial charge in [-0.25, -0.2) is 4.39 Å². The van der Waals surface area contributed by atoms with Crippen molar-refractivity contribution in [2.24, 2.45) is 0 Å². The van der Waals surface area contributed by atoms with E-state index in [4.69, 9.17) is 11.6 Å². The second kappa shape index (κ2) is 6.84. The van der Waals surface area contributed by atoms with Crippen molar-refractivity contribution in [3.05, 3.63) is 70.5 Å². The zero-order valence-electron chi connectivity index (χ0n) is 11.3. The molecule has 106 valence electrons. The molecule has 4 heteroatoms. The third kappa shape index (κ3) is 3.79. The van der Waals surface area contributed by atoms with Gasteiger partial charge in [0, 0.05) is 23.7 Å². The highest BCUT2D eigenvalue weighted by Crippen LogP contribution is 2.21. The van der Waals surface area contributed by atoms with E-state index >= 15 is 0 Å². The summed E-state index contributed by atoms with van der Waals surface area (Å²) in [5, 5.41) is 10.5. The van der Waals surface area contributed by atoms with Gasteiger partial charge in [-0.15, -0.1) is 0 Å². The molecule has 2 aromatic rings. The van der Waals surface area contributed by atoms with Crippen LogP contribution in [0.4, 0.5) is 4.39 Å². The summed E-state index contributed by atoms with van der Waals surface area (Å²) in [4.78, 5) is 1.85. The van der Waals surface area contributed by atoms with Gasteiger partial charge in [0.2, 0.25) is 0 Å². The molecule has 1 N–H and O–H groups in total. The lowest BCUT2D eigenvalue weighted by Crippen LogP contribution is -2.24. The number of halogens is 2. The number of aliphatic hydroxyl groups excluding tert-OH is 1. The van der Waals surface area contributed by atoms with Crippen molar-refractivity contribution in [1.29, 1.82) is 0 Å². The van der Waals surface area contributed by atoms with Crippen LogP contribution in [-0.2, 0) is 6.54 Å². The molecule has 0 amide bonds. The van der Waals surface area contributed by atoms with Crippen molar-refractivity contribution in [3.8, 4) is 0 Å². The summed E-state index contributed by atoms with van der Waals surface area (Å²) in [6.45, 7) is 0.768. The van der Waals surface area contributed by atoms with Crippen LogP contribution in [0.3, 0.4) is 0 Å². The summed E-state index contributed by atoms with van der Waals surface area (Å²) in [6.07, 6.45) is -0.605. The number of benzene rings is 2. The molecule has 0 aromatic heterocycles. The Kier molecular flexibility index (Phi) is 5.12. The molecular weight excluding hydrogens is 277 g/mol. The molecule has 0 heterocycles. The van der Waals surface area contributed by atoms with E-state index in [2.05, 4.69) is 0 Å². The molecule has 2 nitrogen and oxygen atoms in total. The van der Waals surface area contributed by atoms with Crippen LogP contribution >= 0.6 is 11.6 Å². The summed E-state index contributed by atoms with van der Waals surface area (Å²) < 4.78 is 13.7. The third-order valence-corrected chi connectivity index (χ3v) is 3.51. The summed E-state index contributed by atoms with van der Waals surface area (Å²) in [6, 6.07) is 14.0. The van der Waals surface area contributed by atoms with Gasteiger partial charge in [-0.2, -0.15) is 0 Å². The van der Waals surface area contributed by atoms with Crippen LogP contribution in [0.2, 0.25) is 5.02 Å². The molecular formula is C16H17ClFNO. The van der Waals surface area contributed by atoms with Crippen LogP contribution in [0, 0.1) is 5.82 Å². The highest BCUT2D eigenvalue weighted by molar-refractivity contribution is 6.31. The van der Waals surface area contributed by atoms with Crippen molar-refractivity contribution < 1.29 is 9.50 Å². The zero-order chi connectivity index (χ0) is 14.5. The molecule has 0 aliphatic heterocycles. The Hall–Kier alpha value is -1.42. The van der Waals surface area contributed by atoms with Gasteiger partial charge in [0.15, 0.2) is 0 Å². The Morgan fingerprint density at radius 1 is 1.15 bits per heavy atom. The average molecular weight is 294 g/mol. The largest absolute Gasteiger partial charge is 0.387 e. The summed E-state index contributed by atoms with van der Waals surface area (Å²) >= 11 is 6.00. The topological polar surface area (TPSA) is 23.5 Å². The maximum atomic E-state index is 13.7. The maximum absolute atomic E-state index is 13.7. The van der Waals surface area contributed by atoms with Crippen LogP contribution in [0.1, 0.15) is 17.2 Å². The fraction of sp³-hybridized carbons (Fsp3) is 0.250. The van der Waals surface area contributed by atoms with Crippen LogP contribution < -0.4 is 0 Å². The molecule has 2 aromatic carbocycles. The molecule has 0 saturated carbocycles. The Morgan fingerprint density at radius 2 is 1.85 bits per heavy atom. The Morgan fingerprint density at radius 3 is 2.50 bits per heavy atom. The number of hydrogen-bond acceptors (Lipinski definition) is 2. The standard InChI is InChI=1S/C16H17ClFNO/c1-19(10-13-14(17)8-5-9-15(13)18)11-16(20)12-6-3-2-4-7-12/h2-9,16,20H,10-11H2,1H3/t16-/m0/s1. The highest BCUT2D eigenvalue weighted by Gasteiger charge is 2.14. The van der Waals surface area contributed by atoms with E-state index in [1.807, 2.05) is 42.3 Å². The maximum Gasteiger partial charge on any atom is 0.129 e. The van der Waals surface area contributed by atoms with Gasteiger partial charge in [0.25, 0.3) is 0 Å². The third-order valence-electron chi connectivity index (χ3n) is 3.16. The number of hydrogen-bond donors (Lipinski definition) is 1. The molecule has 0 fully saturated rings. The van der Waals surface area contributed by atoms with Crippen LogP contribution in [0.5, 0.6) is 0 Å². The minimum absolute atomic E-state index is 0.321. The van der Waals surface area contributed by atoms with E-state index in [1.54, 1.807) is 12.1 Å². The monoisotopic (exact) mass is 293 g/mol. The number of rotatable bonds is 5. The van der Waals surface area contributed by atoms with Gasteiger partial charge in [0.1, 0.15) is 5.82 Å². The molecule has 0 aliphatic rings. The Bertz CT molecular complexity index is 541. The predicted octanol–water partition coefficient (Wildman–Crippen LogP) is 3.64. The van der Waals surface area contributed by atoms with Crippen LogP contribution in [-0.4, -0.2) is 23.6 Å². The van der Waals surface area contributed by atoms with Gasteiger partial charge < -0.3 is 5.11 Å². The lowest BCUT2D eigenvalue weighted by molar-refractivity contribution is 0.123. The second-order valence-electron chi connectivity index (χ2n) is 4.82. The molecule has 0 aliphatic carbocycles. The van der Waals surface area contributed by atoms with Gasteiger partial charge in [-0.05, 0) is 24.7 Å². The lowest BCUT2D eigenvalue weighted by Gasteiger charge is -2.21. The zero-order valence-corrected chi connectivity index (χ0v) is 12.0. The van der Waals surface area contributed by atoms with E-state index in [0.29, 0.717) is 23.7 Å². The van der Waals surface area contributed by atoms with Crippen molar-refractivity contribution >= 4 is 11.6 Å². The smallest absolute Gasteiger partial charge is 0.129 e. The molecule has 0 spiro atoms. The van der Waals surface area contributed by atoms with Gasteiger partial charge >= 0.3 is 0 Å². The van der Waals surface area contributed by atoms with Crippen molar-refractivity contribution in [1.82, 2.24) is 4.90 Å². The van der Waals surface area contributed by atoms with Crippen LogP contribution in [0.25, 0.3) is 0 Å². The first-order valence-electron chi connectivity index (χ1n) is 6.42. The van der Waals surface area contributed by atoms with E-state index in [0.717, 1.165) is 5.56 Å². The lowest BCUT2D eigenvalue weighted by atomic mass is 10.1. The average Bonchev–Trinajstić information content (AvgIpc) is 2.44. The van der Waals surface area contributed by atoms with Crippen LogP contribution in [0.15, 0.2) is 48.5 Å². The molecule has 0 bridgehead atoms. The fourth-order valence-corrected chi connectivity index (χ4v) is 2.32. The predicted molar refractivity (Wildman–Crippen MR) is 79.1 cm³/mol. The Balaban J connectivity index is 2.01. The summed E-state index contributed by atoms with van der Waals surface area (Å²) in [5.41, 5.74) is 1.30. The minimum atomic E-state index is -0.605. The molecule has 20 heavy (non-hydrogen) atoms. The van der Waals surface area contributed by atoms with Gasteiger partial charge in [0.05, 0.1) is 6.10 Å². The first-order valence-corrected chi connectivity index (χ1v) is 6.80. The quantitative estimate of drug-likeness (QED) is 0.910. The van der Waals surface area contributed by atoms with Crippen molar-refractivity contribution in [3.63, 3.8) is 0 Å². The number of aliphatic hydroxyl groups is 1. The Labute approximate surface area is 123 Å². The van der Waals surface area contributed by atoms with E-state index in [1.165, 1.54) is 6.07 Å². The fourth-order valence-electron chi connectivity index (χ4n) is 2.09. The first kappa shape index (κ1) is 15.0. The van der Waals surface area contributed by atoms with Crippen molar-refractivity contribution in [2.75, 3.05) is 13.6 Å². The highest BCUT2D eigenvalue weighted by atomic mass is 35.5.